The average molecular weight is 435 g/mol. The molecule has 4 N–H and O–H groups in total. The van der Waals surface area contributed by atoms with Gasteiger partial charge < -0.3 is 16.0 Å². The van der Waals surface area contributed by atoms with Gasteiger partial charge in [-0.3, -0.25) is 0 Å². The molecule has 3 aromatic heterocycles. The molecule has 0 saturated carbocycles. The van der Waals surface area contributed by atoms with E-state index in [1.807, 2.05) is 6.07 Å². The molecule has 0 bridgehead atoms. The van der Waals surface area contributed by atoms with E-state index in [2.05, 4.69) is 30.2 Å². The van der Waals surface area contributed by atoms with Crippen LogP contribution in [0.15, 0.2) is 55.1 Å². The third-order valence-corrected chi connectivity index (χ3v) is 4.79. The predicted molar refractivity (Wildman–Crippen MR) is 114 cm³/mol. The van der Waals surface area contributed by atoms with Crippen LogP contribution in [0, 0.1) is 17.1 Å². The molecular weight excluding hydrogens is 419 g/mol. The zero-order chi connectivity index (χ0) is 21.8. The number of rotatable bonds is 6. The molecule has 0 amide bonds. The van der Waals surface area contributed by atoms with E-state index in [0.717, 1.165) is 0 Å². The molecule has 0 radical (unpaired) electrons. The predicted octanol–water partition coefficient (Wildman–Crippen LogP) is 3.70. The number of nitrogens with one attached hydrogen (secondary N) is 2. The first-order valence-electron chi connectivity index (χ1n) is 9.23. The summed E-state index contributed by atoms with van der Waals surface area (Å²) in [5, 5.41) is 12.2. The molecule has 154 valence electrons. The van der Waals surface area contributed by atoms with E-state index in [9.17, 15) is 4.39 Å². The number of aromatic amines is 1. The van der Waals surface area contributed by atoms with Gasteiger partial charge in [-0.15, -0.1) is 0 Å². The fraction of sp³-hybridized carbons (Fsp3) is 0.0952. The highest BCUT2D eigenvalue weighted by atomic mass is 35.5. The lowest BCUT2D eigenvalue weighted by Crippen LogP contribution is -2.23. The van der Waals surface area contributed by atoms with E-state index < -0.39 is 11.9 Å². The number of nitriles is 1. The second kappa shape index (κ2) is 8.87. The summed E-state index contributed by atoms with van der Waals surface area (Å²) in [4.78, 5) is 20.4. The van der Waals surface area contributed by atoms with E-state index in [4.69, 9.17) is 22.6 Å². The van der Waals surface area contributed by atoms with Crippen molar-refractivity contribution in [3.05, 3.63) is 77.3 Å². The van der Waals surface area contributed by atoms with Crippen LogP contribution >= 0.6 is 11.6 Å². The summed E-state index contributed by atoms with van der Waals surface area (Å²) in [6, 6.07) is 8.89. The van der Waals surface area contributed by atoms with Gasteiger partial charge in [-0.25, -0.2) is 24.3 Å². The highest BCUT2D eigenvalue weighted by Gasteiger charge is 2.19. The molecule has 0 fully saturated rings. The minimum atomic E-state index is -0.568. The van der Waals surface area contributed by atoms with Gasteiger partial charge in [0.1, 0.15) is 29.4 Å². The number of nitrogens with two attached hydrogens (primary N) is 1. The van der Waals surface area contributed by atoms with E-state index >= 15 is 0 Å². The molecule has 0 aliphatic heterocycles. The Labute approximate surface area is 182 Å². The van der Waals surface area contributed by atoms with E-state index in [1.165, 1.54) is 18.3 Å². The third kappa shape index (κ3) is 4.50. The molecule has 1 atom stereocenters. The van der Waals surface area contributed by atoms with Gasteiger partial charge in [-0.1, -0.05) is 11.6 Å². The number of halogens is 2. The summed E-state index contributed by atoms with van der Waals surface area (Å²) < 4.78 is 13.6. The number of imidazole rings is 1. The monoisotopic (exact) mass is 434 g/mol. The fourth-order valence-electron chi connectivity index (χ4n) is 2.92. The van der Waals surface area contributed by atoms with Crippen molar-refractivity contribution in [1.29, 1.82) is 5.26 Å². The highest BCUT2D eigenvalue weighted by molar-refractivity contribution is 6.33. The maximum absolute atomic E-state index is 13.6. The van der Waals surface area contributed by atoms with Gasteiger partial charge in [0.2, 0.25) is 0 Å². The summed E-state index contributed by atoms with van der Waals surface area (Å²) in [6.45, 7) is 0.301. The van der Waals surface area contributed by atoms with Gasteiger partial charge in [-0.05, 0) is 30.3 Å². The van der Waals surface area contributed by atoms with Crippen molar-refractivity contribution in [2.45, 2.75) is 6.04 Å². The molecular formula is C21H16ClFN8. The third-order valence-electron chi connectivity index (χ3n) is 4.47. The molecule has 3 heterocycles. The summed E-state index contributed by atoms with van der Waals surface area (Å²) >= 11 is 6.29. The number of H-pyrrole nitrogens is 1. The first kappa shape index (κ1) is 20.4. The quantitative estimate of drug-likeness (QED) is 0.421. The number of aromatic nitrogens is 5. The van der Waals surface area contributed by atoms with Crippen LogP contribution < -0.4 is 11.1 Å². The summed E-state index contributed by atoms with van der Waals surface area (Å²) in [5.41, 5.74) is 8.38. The Bertz CT molecular complexity index is 1240. The normalized spacial score (nSPS) is 11.7. The zero-order valence-corrected chi connectivity index (χ0v) is 16.8. The number of hydrogen-bond acceptors (Lipinski definition) is 7. The standard InChI is InChI=1S/C21H16ClFN8/c22-16-7-13(23)2-3-14(16)19-15(20-26-5-6-27-20)10-30-21(31-19)17(25)11-29-18-4-1-12(8-24)9-28-18/h1-7,9-10,17H,11,25H2,(H,26,27)(H,28,29). The van der Waals surface area contributed by atoms with Crippen molar-refractivity contribution in [2.24, 2.45) is 5.73 Å². The van der Waals surface area contributed by atoms with Gasteiger partial charge in [0.05, 0.1) is 27.9 Å². The molecule has 0 aliphatic carbocycles. The molecule has 1 aromatic carbocycles. The van der Waals surface area contributed by atoms with Gasteiger partial charge in [0.15, 0.2) is 0 Å². The first-order chi connectivity index (χ1) is 15.0. The Kier molecular flexibility index (Phi) is 5.84. The number of hydrogen-bond donors (Lipinski definition) is 3. The molecule has 4 rings (SSSR count). The number of benzene rings is 1. The zero-order valence-electron chi connectivity index (χ0n) is 16.0. The lowest BCUT2D eigenvalue weighted by molar-refractivity contribution is 0.628. The molecule has 0 saturated heterocycles. The molecule has 10 heteroatoms. The highest BCUT2D eigenvalue weighted by Crippen LogP contribution is 2.33. The fourth-order valence-corrected chi connectivity index (χ4v) is 3.17. The van der Waals surface area contributed by atoms with Crippen LogP contribution in [-0.4, -0.2) is 31.5 Å². The SMILES string of the molecule is N#Cc1ccc(NCC(N)c2ncc(-c3ncc[nH]3)c(-c3ccc(F)cc3Cl)n2)nc1. The average Bonchev–Trinajstić information content (AvgIpc) is 3.32. The van der Waals surface area contributed by atoms with Crippen molar-refractivity contribution in [3.8, 4) is 28.7 Å². The van der Waals surface area contributed by atoms with Crippen LogP contribution in [-0.2, 0) is 0 Å². The smallest absolute Gasteiger partial charge is 0.147 e. The Morgan fingerprint density at radius 1 is 1.16 bits per heavy atom. The Morgan fingerprint density at radius 2 is 2.03 bits per heavy atom. The Hall–Kier alpha value is -3.87. The van der Waals surface area contributed by atoms with Gasteiger partial charge in [0, 0.05) is 36.9 Å². The van der Waals surface area contributed by atoms with Crippen molar-refractivity contribution in [1.82, 2.24) is 24.9 Å². The van der Waals surface area contributed by atoms with Crippen molar-refractivity contribution < 1.29 is 4.39 Å². The molecule has 0 aliphatic rings. The van der Waals surface area contributed by atoms with E-state index in [-0.39, 0.29) is 5.02 Å². The molecule has 4 aromatic rings. The summed E-state index contributed by atoms with van der Waals surface area (Å²) in [7, 11) is 0. The van der Waals surface area contributed by atoms with Gasteiger partial charge in [-0.2, -0.15) is 5.26 Å². The number of nitrogens with zero attached hydrogens (tertiary/aromatic N) is 5. The second-order valence-corrected chi connectivity index (χ2v) is 6.99. The maximum atomic E-state index is 13.6. The molecule has 31 heavy (non-hydrogen) atoms. The van der Waals surface area contributed by atoms with Crippen LogP contribution in [0.2, 0.25) is 5.02 Å². The number of anilines is 1. The maximum Gasteiger partial charge on any atom is 0.147 e. The van der Waals surface area contributed by atoms with Crippen LogP contribution in [0.1, 0.15) is 17.4 Å². The lowest BCUT2D eigenvalue weighted by atomic mass is 10.1. The Balaban J connectivity index is 1.64. The molecule has 8 nitrogen and oxygen atoms in total. The van der Waals surface area contributed by atoms with E-state index in [0.29, 0.717) is 46.4 Å². The van der Waals surface area contributed by atoms with Crippen LogP contribution in [0.3, 0.4) is 0 Å². The topological polar surface area (TPSA) is 129 Å². The van der Waals surface area contributed by atoms with Crippen molar-refractivity contribution >= 4 is 17.4 Å². The summed E-state index contributed by atoms with van der Waals surface area (Å²) in [5.74, 6) is 1.05. The van der Waals surface area contributed by atoms with Crippen molar-refractivity contribution in [2.75, 3.05) is 11.9 Å². The van der Waals surface area contributed by atoms with Gasteiger partial charge in [0.25, 0.3) is 0 Å². The van der Waals surface area contributed by atoms with Crippen LogP contribution in [0.25, 0.3) is 22.6 Å². The first-order valence-corrected chi connectivity index (χ1v) is 9.60. The number of pyridine rings is 1. The lowest BCUT2D eigenvalue weighted by Gasteiger charge is -2.15. The minimum absolute atomic E-state index is 0.214. The van der Waals surface area contributed by atoms with Crippen molar-refractivity contribution in [3.63, 3.8) is 0 Å². The van der Waals surface area contributed by atoms with Crippen LogP contribution in [0.5, 0.6) is 0 Å². The van der Waals surface area contributed by atoms with Gasteiger partial charge >= 0.3 is 0 Å². The molecule has 1 unspecified atom stereocenters. The largest absolute Gasteiger partial charge is 0.368 e. The minimum Gasteiger partial charge on any atom is -0.368 e. The summed E-state index contributed by atoms with van der Waals surface area (Å²) in [6.07, 6.45) is 6.37. The van der Waals surface area contributed by atoms with Crippen LogP contribution in [0.4, 0.5) is 10.2 Å². The second-order valence-electron chi connectivity index (χ2n) is 6.58. The molecule has 0 spiro atoms. The van der Waals surface area contributed by atoms with E-state index in [1.54, 1.807) is 36.8 Å². The Morgan fingerprint density at radius 3 is 2.71 bits per heavy atom.